The number of benzene rings is 1. The minimum Gasteiger partial charge on any atom is -0.631 e. The molecule has 0 aliphatic carbocycles. The van der Waals surface area contributed by atoms with Crippen molar-refractivity contribution in [2.45, 2.75) is 19.3 Å². The van der Waals surface area contributed by atoms with Crippen LogP contribution in [0.2, 0.25) is 0 Å². The molecule has 0 bridgehead atoms. The Morgan fingerprint density at radius 2 is 1.94 bits per heavy atom. The van der Waals surface area contributed by atoms with Gasteiger partial charge in [-0.1, -0.05) is 50.1 Å². The van der Waals surface area contributed by atoms with Crippen molar-refractivity contribution in [2.75, 3.05) is 12.3 Å². The first kappa shape index (κ1) is 13.0. The van der Waals surface area contributed by atoms with Gasteiger partial charge in [-0.2, -0.15) is 0 Å². The number of hydrogen-bond acceptors (Lipinski definition) is 1. The summed E-state index contributed by atoms with van der Waals surface area (Å²) in [4.78, 5) is 10.3. The molecule has 1 aromatic carbocycles. The third-order valence-corrected chi connectivity index (χ3v) is 6.52. The van der Waals surface area contributed by atoms with Gasteiger partial charge in [0.1, 0.15) is 6.16 Å². The molecule has 1 nitrogen and oxygen atoms in total. The van der Waals surface area contributed by atoms with Crippen molar-refractivity contribution >= 4 is 26.8 Å². The SMILES string of the molecule is C1=CP(c2ccccc2)CC1.[O-][P+]1=CCCC1. The van der Waals surface area contributed by atoms with E-state index in [2.05, 4.69) is 42.2 Å². The number of hydrogen-bond donors (Lipinski definition) is 0. The van der Waals surface area contributed by atoms with Gasteiger partial charge >= 0.3 is 0 Å². The van der Waals surface area contributed by atoms with E-state index in [9.17, 15) is 4.89 Å². The zero-order chi connectivity index (χ0) is 11.9. The van der Waals surface area contributed by atoms with Gasteiger partial charge < -0.3 is 4.89 Å². The molecule has 1 aromatic rings. The fourth-order valence-corrected chi connectivity index (χ4v) is 5.01. The average Bonchev–Trinajstić information content (AvgIpc) is 3.03. The standard InChI is InChI=1S/C10H11P.C4H7OP/c1-2-6-10(7-3-1)11-8-4-5-9-11;5-6-3-1-2-4-6/h1-4,6-8H,5,9H2;3H,1-2,4H2. The quantitative estimate of drug-likeness (QED) is 0.715. The highest BCUT2D eigenvalue weighted by molar-refractivity contribution is 7.68. The van der Waals surface area contributed by atoms with E-state index >= 15 is 0 Å². The lowest BCUT2D eigenvalue weighted by Gasteiger charge is -2.06. The summed E-state index contributed by atoms with van der Waals surface area (Å²) in [5, 5.41) is 1.52. The first-order chi connectivity index (χ1) is 8.36. The minimum atomic E-state index is -0.840. The molecule has 0 fully saturated rings. The topological polar surface area (TPSA) is 23.1 Å². The Labute approximate surface area is 106 Å². The maximum Gasteiger partial charge on any atom is 0.103 e. The van der Waals surface area contributed by atoms with Crippen LogP contribution in [0, 0.1) is 0 Å². The zero-order valence-corrected chi connectivity index (χ0v) is 11.7. The molecule has 0 saturated heterocycles. The molecule has 0 aromatic heterocycles. The molecule has 2 atom stereocenters. The Hall–Kier alpha value is -0.480. The maximum absolute atomic E-state index is 10.3. The van der Waals surface area contributed by atoms with Gasteiger partial charge in [0, 0.05) is 14.2 Å². The monoisotopic (exact) mass is 264 g/mol. The van der Waals surface area contributed by atoms with Crippen LogP contribution in [0.15, 0.2) is 42.2 Å². The van der Waals surface area contributed by atoms with Gasteiger partial charge in [-0.05, 0) is 24.3 Å². The third-order valence-electron chi connectivity index (χ3n) is 2.83. The lowest BCUT2D eigenvalue weighted by atomic mass is 10.4. The largest absolute Gasteiger partial charge is 0.631 e. The van der Waals surface area contributed by atoms with E-state index in [1.54, 1.807) is 0 Å². The third kappa shape index (κ3) is 4.36. The van der Waals surface area contributed by atoms with Gasteiger partial charge in [-0.25, -0.2) is 0 Å². The van der Waals surface area contributed by atoms with Crippen molar-refractivity contribution in [3.8, 4) is 0 Å². The summed E-state index contributed by atoms with van der Waals surface area (Å²) < 4.78 is 0. The molecule has 0 radical (unpaired) electrons. The van der Waals surface area contributed by atoms with E-state index in [1.165, 1.54) is 17.9 Å². The van der Waals surface area contributed by atoms with Crippen LogP contribution >= 0.6 is 15.7 Å². The van der Waals surface area contributed by atoms with E-state index in [0.717, 1.165) is 19.0 Å². The predicted octanol–water partition coefficient (Wildman–Crippen LogP) is 3.05. The molecule has 17 heavy (non-hydrogen) atoms. The first-order valence-electron chi connectivity index (χ1n) is 6.12. The number of rotatable bonds is 1. The summed E-state index contributed by atoms with van der Waals surface area (Å²) >= 11 is 0. The molecule has 3 rings (SSSR count). The molecule has 90 valence electrons. The second-order valence-corrected chi connectivity index (χ2v) is 8.02. The van der Waals surface area contributed by atoms with Gasteiger partial charge in [0.25, 0.3) is 0 Å². The van der Waals surface area contributed by atoms with E-state index in [1.807, 2.05) is 5.80 Å². The molecule has 0 N–H and O–H groups in total. The summed E-state index contributed by atoms with van der Waals surface area (Å²) in [7, 11) is -0.761. The lowest BCUT2D eigenvalue weighted by molar-refractivity contribution is -0.152. The molecule has 2 aliphatic rings. The fourth-order valence-electron chi connectivity index (χ4n) is 1.90. The van der Waals surface area contributed by atoms with Crippen LogP contribution in [-0.4, -0.2) is 18.1 Å². The summed E-state index contributed by atoms with van der Waals surface area (Å²) in [5.74, 6) is 4.29. The lowest BCUT2D eigenvalue weighted by Crippen LogP contribution is -1.97. The molecule has 0 spiro atoms. The van der Waals surface area contributed by atoms with Crippen LogP contribution in [0.25, 0.3) is 0 Å². The highest BCUT2D eigenvalue weighted by atomic mass is 31.1. The molecule has 2 unspecified atom stereocenters. The van der Waals surface area contributed by atoms with E-state index in [4.69, 9.17) is 0 Å². The van der Waals surface area contributed by atoms with Crippen molar-refractivity contribution in [2.24, 2.45) is 0 Å². The normalized spacial score (nSPS) is 24.1. The Kier molecular flexibility index (Phi) is 5.39. The predicted molar refractivity (Wildman–Crippen MR) is 78.7 cm³/mol. The van der Waals surface area contributed by atoms with Crippen molar-refractivity contribution in [1.29, 1.82) is 0 Å². The maximum atomic E-state index is 10.3. The van der Waals surface area contributed by atoms with Crippen LogP contribution in [0.1, 0.15) is 19.3 Å². The Morgan fingerprint density at radius 3 is 2.41 bits per heavy atom. The molecular weight excluding hydrogens is 246 g/mol. The van der Waals surface area contributed by atoms with E-state index < -0.39 is 7.77 Å². The molecular formula is C14H18OP2. The van der Waals surface area contributed by atoms with Gasteiger partial charge in [0.15, 0.2) is 0 Å². The molecule has 2 aliphatic heterocycles. The van der Waals surface area contributed by atoms with Crippen LogP contribution in [-0.2, 0) is 0 Å². The highest BCUT2D eigenvalue weighted by Gasteiger charge is 2.09. The van der Waals surface area contributed by atoms with Gasteiger partial charge in [0.2, 0.25) is 0 Å². The van der Waals surface area contributed by atoms with Crippen molar-refractivity contribution in [3.63, 3.8) is 0 Å². The molecule has 0 amide bonds. The van der Waals surface area contributed by atoms with E-state index in [0.29, 0.717) is 0 Å². The molecule has 2 heterocycles. The van der Waals surface area contributed by atoms with Crippen LogP contribution in [0.5, 0.6) is 0 Å². The Bertz CT molecular complexity index is 398. The Balaban J connectivity index is 0.000000153. The summed E-state index contributed by atoms with van der Waals surface area (Å²) in [6.45, 7) is 0. The van der Waals surface area contributed by atoms with Crippen LogP contribution in [0.3, 0.4) is 0 Å². The second kappa shape index (κ2) is 7.07. The van der Waals surface area contributed by atoms with Gasteiger partial charge in [0.05, 0.1) is 5.80 Å². The average molecular weight is 264 g/mol. The minimum absolute atomic E-state index is 0.0792. The summed E-state index contributed by atoms with van der Waals surface area (Å²) in [5.41, 5.74) is 0. The van der Waals surface area contributed by atoms with Crippen molar-refractivity contribution in [1.82, 2.24) is 0 Å². The molecule has 0 saturated carbocycles. The van der Waals surface area contributed by atoms with Gasteiger partial charge in [-0.15, -0.1) is 0 Å². The smallest absolute Gasteiger partial charge is 0.103 e. The highest BCUT2D eigenvalue weighted by Crippen LogP contribution is 2.41. The Morgan fingerprint density at radius 1 is 1.12 bits per heavy atom. The summed E-state index contributed by atoms with van der Waals surface area (Å²) in [6.07, 6.45) is 8.11. The van der Waals surface area contributed by atoms with Crippen LogP contribution < -0.4 is 10.2 Å². The zero-order valence-electron chi connectivity index (χ0n) is 9.96. The van der Waals surface area contributed by atoms with E-state index in [-0.39, 0.29) is 7.92 Å². The summed E-state index contributed by atoms with van der Waals surface area (Å²) in [6, 6.07) is 10.8. The number of allylic oxidation sites excluding steroid dienone is 1. The fraction of sp³-hybridized carbons (Fsp3) is 0.357. The van der Waals surface area contributed by atoms with Gasteiger partial charge in [-0.3, -0.25) is 0 Å². The molecule has 3 heteroatoms. The van der Waals surface area contributed by atoms with Crippen molar-refractivity contribution in [3.05, 3.63) is 42.2 Å². The van der Waals surface area contributed by atoms with Crippen molar-refractivity contribution < 1.29 is 4.89 Å². The second-order valence-electron chi connectivity index (χ2n) is 4.17. The first-order valence-corrected chi connectivity index (χ1v) is 9.23. The van der Waals surface area contributed by atoms with Crippen LogP contribution in [0.4, 0.5) is 0 Å².